The van der Waals surface area contributed by atoms with E-state index in [2.05, 4.69) is 0 Å². The Balaban J connectivity index is 2.28. The Labute approximate surface area is 118 Å². The highest BCUT2D eigenvalue weighted by Gasteiger charge is 2.32. The normalized spacial score (nSPS) is 21.5. The maximum Gasteiger partial charge on any atom is 0.257 e. The average molecular weight is 298 g/mol. The molecule has 0 aromatic heterocycles. The van der Waals surface area contributed by atoms with Gasteiger partial charge in [-0.15, -0.1) is 0 Å². The maximum atomic E-state index is 12.5. The second-order valence-electron chi connectivity index (χ2n) is 4.92. The second-order valence-corrected chi connectivity index (χ2v) is 7.15. The number of nitrogens with zero attached hydrogens (tertiary/aromatic N) is 1. The number of carbonyl (C=O) groups is 1. The number of anilines is 1. The van der Waals surface area contributed by atoms with E-state index in [1.807, 2.05) is 0 Å². The first-order valence-corrected chi connectivity index (χ1v) is 8.11. The lowest BCUT2D eigenvalue weighted by atomic mass is 10.1. The van der Waals surface area contributed by atoms with Crippen LogP contribution in [0.4, 0.5) is 5.69 Å². The van der Waals surface area contributed by atoms with Crippen LogP contribution < -0.4 is 10.5 Å². The molecule has 0 bridgehead atoms. The standard InChI is InChI=1S/C13H18N2O4S/c1-9-8-20(17,18)6-5-15(9)13(16)11-4-3-10(14)7-12(11)19-2/h3-4,7,9H,5-6,8,14H2,1-2H3. The van der Waals surface area contributed by atoms with Crippen molar-refractivity contribution in [1.29, 1.82) is 0 Å². The minimum Gasteiger partial charge on any atom is -0.496 e. The largest absolute Gasteiger partial charge is 0.496 e. The van der Waals surface area contributed by atoms with Gasteiger partial charge in [-0.05, 0) is 19.1 Å². The summed E-state index contributed by atoms with van der Waals surface area (Å²) in [6.07, 6.45) is 0. The predicted octanol–water partition coefficient (Wildman–Crippen LogP) is 0.537. The van der Waals surface area contributed by atoms with Crippen molar-refractivity contribution < 1.29 is 17.9 Å². The molecule has 1 heterocycles. The number of hydrogen-bond acceptors (Lipinski definition) is 5. The van der Waals surface area contributed by atoms with E-state index in [0.29, 0.717) is 17.0 Å². The van der Waals surface area contributed by atoms with Crippen molar-refractivity contribution in [3.05, 3.63) is 23.8 Å². The number of carbonyl (C=O) groups excluding carboxylic acids is 1. The van der Waals surface area contributed by atoms with Gasteiger partial charge in [-0.3, -0.25) is 4.79 Å². The summed E-state index contributed by atoms with van der Waals surface area (Å²) in [6, 6.07) is 4.47. The van der Waals surface area contributed by atoms with Crippen molar-refractivity contribution in [3.63, 3.8) is 0 Å². The van der Waals surface area contributed by atoms with Gasteiger partial charge >= 0.3 is 0 Å². The fourth-order valence-corrected chi connectivity index (χ4v) is 3.90. The van der Waals surface area contributed by atoms with E-state index in [9.17, 15) is 13.2 Å². The third-order valence-corrected chi connectivity index (χ3v) is 5.18. The van der Waals surface area contributed by atoms with Crippen LogP contribution in [0.15, 0.2) is 18.2 Å². The number of nitrogens with two attached hydrogens (primary N) is 1. The summed E-state index contributed by atoms with van der Waals surface area (Å²) in [5.74, 6) is 0.163. The highest BCUT2D eigenvalue weighted by Crippen LogP contribution is 2.25. The number of sulfone groups is 1. The topological polar surface area (TPSA) is 89.7 Å². The molecule has 20 heavy (non-hydrogen) atoms. The first kappa shape index (κ1) is 14.6. The van der Waals surface area contributed by atoms with Crippen LogP contribution in [0.3, 0.4) is 0 Å². The van der Waals surface area contributed by atoms with E-state index in [1.54, 1.807) is 30.0 Å². The van der Waals surface area contributed by atoms with Crippen molar-refractivity contribution in [2.24, 2.45) is 0 Å². The zero-order valence-electron chi connectivity index (χ0n) is 11.5. The predicted molar refractivity (Wildman–Crippen MR) is 76.6 cm³/mol. The number of rotatable bonds is 2. The van der Waals surface area contributed by atoms with Crippen LogP contribution in [0.25, 0.3) is 0 Å². The van der Waals surface area contributed by atoms with Crippen LogP contribution >= 0.6 is 0 Å². The van der Waals surface area contributed by atoms with Gasteiger partial charge in [0.1, 0.15) is 5.75 Å². The lowest BCUT2D eigenvalue weighted by molar-refractivity contribution is 0.0709. The Morgan fingerprint density at radius 1 is 1.45 bits per heavy atom. The number of ether oxygens (including phenoxy) is 1. The fraction of sp³-hybridized carbons (Fsp3) is 0.462. The lowest BCUT2D eigenvalue weighted by Gasteiger charge is -2.33. The van der Waals surface area contributed by atoms with Gasteiger partial charge in [-0.1, -0.05) is 0 Å². The Kier molecular flexibility index (Phi) is 3.89. The first-order valence-electron chi connectivity index (χ1n) is 6.29. The van der Waals surface area contributed by atoms with Crippen molar-refractivity contribution in [1.82, 2.24) is 4.90 Å². The van der Waals surface area contributed by atoms with Gasteiger partial charge in [0.25, 0.3) is 5.91 Å². The second kappa shape index (κ2) is 5.32. The molecule has 1 aliphatic rings. The molecule has 110 valence electrons. The van der Waals surface area contributed by atoms with E-state index >= 15 is 0 Å². The summed E-state index contributed by atoms with van der Waals surface area (Å²) < 4.78 is 28.3. The van der Waals surface area contributed by atoms with Gasteiger partial charge in [0.05, 0.1) is 24.2 Å². The Morgan fingerprint density at radius 2 is 2.15 bits per heavy atom. The Morgan fingerprint density at radius 3 is 2.75 bits per heavy atom. The molecule has 1 fully saturated rings. The minimum absolute atomic E-state index is 0.000365. The van der Waals surface area contributed by atoms with Crippen molar-refractivity contribution in [3.8, 4) is 5.75 Å². The first-order chi connectivity index (χ1) is 9.34. The lowest BCUT2D eigenvalue weighted by Crippen LogP contribution is -2.49. The van der Waals surface area contributed by atoms with Crippen LogP contribution in [0, 0.1) is 0 Å². The number of amides is 1. The maximum absolute atomic E-state index is 12.5. The third kappa shape index (κ3) is 2.87. The van der Waals surface area contributed by atoms with Gasteiger partial charge in [0, 0.05) is 24.3 Å². The SMILES string of the molecule is COc1cc(N)ccc1C(=O)N1CCS(=O)(=O)CC1C. The summed E-state index contributed by atoms with van der Waals surface area (Å²) in [4.78, 5) is 14.1. The van der Waals surface area contributed by atoms with Crippen molar-refractivity contribution in [2.45, 2.75) is 13.0 Å². The molecule has 2 rings (SSSR count). The van der Waals surface area contributed by atoms with Crippen LogP contribution in [0.5, 0.6) is 5.75 Å². The van der Waals surface area contributed by atoms with Crippen LogP contribution in [0.2, 0.25) is 0 Å². The molecule has 6 nitrogen and oxygen atoms in total. The molecule has 0 aliphatic carbocycles. The van der Waals surface area contributed by atoms with Crippen LogP contribution in [-0.2, 0) is 9.84 Å². The van der Waals surface area contributed by atoms with E-state index in [-0.39, 0.29) is 30.0 Å². The van der Waals surface area contributed by atoms with E-state index in [4.69, 9.17) is 10.5 Å². The van der Waals surface area contributed by atoms with Crippen LogP contribution in [0.1, 0.15) is 17.3 Å². The van der Waals surface area contributed by atoms with Gasteiger partial charge < -0.3 is 15.4 Å². The summed E-state index contributed by atoms with van der Waals surface area (Å²) in [5, 5.41) is 0. The average Bonchev–Trinajstić information content (AvgIpc) is 2.36. The van der Waals surface area contributed by atoms with Crippen LogP contribution in [-0.4, -0.2) is 50.4 Å². The molecule has 1 saturated heterocycles. The monoisotopic (exact) mass is 298 g/mol. The summed E-state index contributed by atoms with van der Waals surface area (Å²) in [7, 11) is -1.58. The van der Waals surface area contributed by atoms with Gasteiger partial charge in [-0.25, -0.2) is 8.42 Å². The summed E-state index contributed by atoms with van der Waals surface area (Å²) in [5.41, 5.74) is 6.56. The molecule has 0 saturated carbocycles. The molecule has 0 spiro atoms. The van der Waals surface area contributed by atoms with E-state index < -0.39 is 9.84 Å². The Bertz CT molecular complexity index is 627. The smallest absolute Gasteiger partial charge is 0.257 e. The molecule has 0 radical (unpaired) electrons. The molecule has 1 unspecified atom stereocenters. The fourth-order valence-electron chi connectivity index (χ4n) is 2.34. The van der Waals surface area contributed by atoms with Gasteiger partial charge in [-0.2, -0.15) is 0 Å². The molecular formula is C13H18N2O4S. The van der Waals surface area contributed by atoms with Gasteiger partial charge in [0.15, 0.2) is 9.84 Å². The summed E-state index contributed by atoms with van der Waals surface area (Å²) >= 11 is 0. The molecule has 1 amide bonds. The highest BCUT2D eigenvalue weighted by atomic mass is 32.2. The van der Waals surface area contributed by atoms with Gasteiger partial charge in [0.2, 0.25) is 0 Å². The third-order valence-electron chi connectivity index (χ3n) is 3.39. The quantitative estimate of drug-likeness (QED) is 0.805. The molecular weight excluding hydrogens is 280 g/mol. The van der Waals surface area contributed by atoms with Crippen molar-refractivity contribution >= 4 is 21.4 Å². The molecule has 1 aromatic rings. The molecule has 1 atom stereocenters. The molecule has 1 aliphatic heterocycles. The number of nitrogen functional groups attached to an aromatic ring is 1. The minimum atomic E-state index is -3.05. The number of methoxy groups -OCH3 is 1. The van der Waals surface area contributed by atoms with E-state index in [1.165, 1.54) is 7.11 Å². The summed E-state index contributed by atoms with van der Waals surface area (Å²) in [6.45, 7) is 1.94. The highest BCUT2D eigenvalue weighted by molar-refractivity contribution is 7.91. The zero-order chi connectivity index (χ0) is 14.9. The van der Waals surface area contributed by atoms with Crippen molar-refractivity contribution in [2.75, 3.05) is 30.9 Å². The molecule has 7 heteroatoms. The number of hydrogen-bond donors (Lipinski definition) is 1. The zero-order valence-corrected chi connectivity index (χ0v) is 12.3. The van der Waals surface area contributed by atoms with E-state index in [0.717, 1.165) is 0 Å². The molecule has 2 N–H and O–H groups in total. The number of benzene rings is 1. The Hall–Kier alpha value is -1.76. The molecule has 1 aromatic carbocycles.